The van der Waals surface area contributed by atoms with Crippen LogP contribution < -0.4 is 10.5 Å². The molecule has 7 nitrogen and oxygen atoms in total. The number of aryl methyl sites for hydroxylation is 1. The predicted molar refractivity (Wildman–Crippen MR) is 96.4 cm³/mol. The van der Waals surface area contributed by atoms with E-state index in [-0.39, 0.29) is 23.9 Å². The summed E-state index contributed by atoms with van der Waals surface area (Å²) >= 11 is 0. The maximum Gasteiger partial charge on any atom is 0.268 e. The lowest BCUT2D eigenvalue weighted by Crippen LogP contribution is -2.32. The molecule has 2 aromatic rings. The molecule has 1 fully saturated rings. The van der Waals surface area contributed by atoms with Crippen molar-refractivity contribution in [3.05, 3.63) is 58.0 Å². The Kier molecular flexibility index (Phi) is 4.28. The summed E-state index contributed by atoms with van der Waals surface area (Å²) in [5, 5.41) is 4.24. The molecule has 2 amide bonds. The molecule has 2 aliphatic heterocycles. The molecule has 1 aromatic heterocycles. The van der Waals surface area contributed by atoms with Crippen molar-refractivity contribution >= 4 is 17.5 Å². The van der Waals surface area contributed by atoms with Crippen LogP contribution in [0.25, 0.3) is 0 Å². The van der Waals surface area contributed by atoms with Crippen LogP contribution in [0.4, 0.5) is 5.69 Å². The average Bonchev–Trinajstić information content (AvgIpc) is 3.27. The van der Waals surface area contributed by atoms with E-state index < -0.39 is 0 Å². The van der Waals surface area contributed by atoms with E-state index in [9.17, 15) is 14.4 Å². The number of aromatic nitrogens is 2. The fraction of sp³-hybridized carbons (Fsp3) is 0.368. The van der Waals surface area contributed by atoms with Crippen molar-refractivity contribution < 1.29 is 9.59 Å². The second kappa shape index (κ2) is 6.74. The van der Waals surface area contributed by atoms with E-state index in [2.05, 4.69) is 10.00 Å². The van der Waals surface area contributed by atoms with Gasteiger partial charge in [0.1, 0.15) is 0 Å². The number of hydrogen-bond acceptors (Lipinski definition) is 5. The molecule has 0 unspecified atom stereocenters. The molecule has 4 rings (SSSR count). The van der Waals surface area contributed by atoms with Gasteiger partial charge < -0.3 is 4.90 Å². The van der Waals surface area contributed by atoms with Crippen LogP contribution in [0.3, 0.4) is 0 Å². The lowest BCUT2D eigenvalue weighted by molar-refractivity contribution is 0.0650. The fourth-order valence-corrected chi connectivity index (χ4v) is 3.56. The van der Waals surface area contributed by atoms with Crippen LogP contribution in [0.2, 0.25) is 0 Å². The van der Waals surface area contributed by atoms with Gasteiger partial charge in [-0.25, -0.2) is 4.68 Å². The Bertz CT molecular complexity index is 880. The topological polar surface area (TPSA) is 75.5 Å². The molecular formula is C19H20N4O3. The van der Waals surface area contributed by atoms with Crippen molar-refractivity contribution in [2.75, 3.05) is 24.5 Å². The average molecular weight is 352 g/mol. The van der Waals surface area contributed by atoms with Gasteiger partial charge in [0.25, 0.3) is 17.4 Å². The zero-order valence-electron chi connectivity index (χ0n) is 14.4. The highest BCUT2D eigenvalue weighted by Crippen LogP contribution is 2.22. The fourth-order valence-electron chi connectivity index (χ4n) is 3.56. The van der Waals surface area contributed by atoms with E-state index in [4.69, 9.17) is 0 Å². The molecule has 1 aromatic carbocycles. The Hall–Kier alpha value is -2.96. The first-order valence-corrected chi connectivity index (χ1v) is 8.92. The Morgan fingerprint density at radius 3 is 2.19 bits per heavy atom. The van der Waals surface area contributed by atoms with Crippen LogP contribution >= 0.6 is 0 Å². The lowest BCUT2D eigenvalue weighted by atomic mass is 10.1. The minimum atomic E-state index is -0.268. The first kappa shape index (κ1) is 16.5. The molecule has 0 bridgehead atoms. The van der Waals surface area contributed by atoms with E-state index >= 15 is 0 Å². The number of fused-ring (bicyclic) bond motifs is 1. The summed E-state index contributed by atoms with van der Waals surface area (Å²) < 4.78 is 1.39. The van der Waals surface area contributed by atoms with E-state index in [0.29, 0.717) is 24.1 Å². The van der Waals surface area contributed by atoms with Crippen molar-refractivity contribution in [1.82, 2.24) is 14.7 Å². The minimum absolute atomic E-state index is 0.156. The van der Waals surface area contributed by atoms with E-state index in [0.717, 1.165) is 31.6 Å². The molecule has 0 N–H and O–H groups in total. The van der Waals surface area contributed by atoms with E-state index in [1.807, 2.05) is 0 Å². The third-order valence-electron chi connectivity index (χ3n) is 4.96. The predicted octanol–water partition coefficient (Wildman–Crippen LogP) is 1.53. The van der Waals surface area contributed by atoms with Crippen molar-refractivity contribution in [3.8, 4) is 0 Å². The second-order valence-electron chi connectivity index (χ2n) is 6.63. The van der Waals surface area contributed by atoms with Crippen molar-refractivity contribution in [2.24, 2.45) is 0 Å². The number of carbonyl (C=O) groups is 2. The van der Waals surface area contributed by atoms with Crippen molar-refractivity contribution in [1.29, 1.82) is 0 Å². The molecule has 0 atom stereocenters. The molecule has 0 radical (unpaired) electrons. The number of imide groups is 1. The highest BCUT2D eigenvalue weighted by atomic mass is 16.2. The molecule has 0 aliphatic carbocycles. The van der Waals surface area contributed by atoms with Gasteiger partial charge in [0.05, 0.1) is 23.0 Å². The minimum Gasteiger partial charge on any atom is -0.370 e. The zero-order valence-corrected chi connectivity index (χ0v) is 14.4. The summed E-state index contributed by atoms with van der Waals surface area (Å²) in [5.41, 5.74) is 1.60. The first-order chi connectivity index (χ1) is 12.6. The molecule has 2 aliphatic rings. The standard InChI is InChI=1S/C19H20N4O3/c24-17-12-14(21-8-3-4-9-21)13-20-23(17)11-5-10-22-18(25)15-6-1-2-7-16(15)19(22)26/h1-2,6-7,12-13H,3-5,8-11H2. The van der Waals surface area contributed by atoms with E-state index in [1.165, 1.54) is 9.58 Å². The summed E-state index contributed by atoms with van der Waals surface area (Å²) in [5.74, 6) is -0.537. The third kappa shape index (κ3) is 2.89. The molecule has 0 saturated carbocycles. The van der Waals surface area contributed by atoms with Gasteiger partial charge in [-0.15, -0.1) is 0 Å². The quantitative estimate of drug-likeness (QED) is 0.763. The lowest BCUT2D eigenvalue weighted by Gasteiger charge is -2.17. The molecule has 0 spiro atoms. The maximum atomic E-state index is 12.3. The highest BCUT2D eigenvalue weighted by Gasteiger charge is 2.34. The normalized spacial score (nSPS) is 16.5. The van der Waals surface area contributed by atoms with Gasteiger partial charge >= 0.3 is 0 Å². The Morgan fingerprint density at radius 2 is 1.58 bits per heavy atom. The number of carbonyl (C=O) groups excluding carboxylic acids is 2. The second-order valence-corrected chi connectivity index (χ2v) is 6.63. The summed E-state index contributed by atoms with van der Waals surface area (Å²) in [7, 11) is 0. The molecular weight excluding hydrogens is 332 g/mol. The van der Waals surface area contributed by atoms with Gasteiger partial charge in [-0.3, -0.25) is 19.3 Å². The van der Waals surface area contributed by atoms with Crippen LogP contribution in [0, 0.1) is 0 Å². The number of benzene rings is 1. The smallest absolute Gasteiger partial charge is 0.268 e. The molecule has 1 saturated heterocycles. The molecule has 134 valence electrons. The SMILES string of the molecule is O=C1c2ccccc2C(=O)N1CCCn1ncc(N2CCCC2)cc1=O. The molecule has 7 heteroatoms. The maximum absolute atomic E-state index is 12.3. The summed E-state index contributed by atoms with van der Waals surface area (Å²) in [6, 6.07) is 8.44. The number of amides is 2. The third-order valence-corrected chi connectivity index (χ3v) is 4.96. The van der Waals surface area contributed by atoms with Gasteiger partial charge in [-0.05, 0) is 31.4 Å². The summed E-state index contributed by atoms with van der Waals surface area (Å²) in [6.45, 7) is 2.57. The van der Waals surface area contributed by atoms with Gasteiger partial charge in [0, 0.05) is 32.2 Å². The van der Waals surface area contributed by atoms with Crippen LogP contribution in [0.5, 0.6) is 0 Å². The largest absolute Gasteiger partial charge is 0.370 e. The first-order valence-electron chi connectivity index (χ1n) is 8.92. The summed E-state index contributed by atoms with van der Waals surface area (Å²) in [6.07, 6.45) is 4.49. The number of anilines is 1. The van der Waals surface area contributed by atoms with Gasteiger partial charge in [-0.1, -0.05) is 12.1 Å². The monoisotopic (exact) mass is 352 g/mol. The number of hydrogen-bond donors (Lipinski definition) is 0. The van der Waals surface area contributed by atoms with E-state index in [1.54, 1.807) is 36.5 Å². The number of nitrogens with zero attached hydrogens (tertiary/aromatic N) is 4. The van der Waals surface area contributed by atoms with Crippen LogP contribution in [0.1, 0.15) is 40.0 Å². The van der Waals surface area contributed by atoms with Gasteiger partial charge in [-0.2, -0.15) is 5.10 Å². The zero-order chi connectivity index (χ0) is 18.1. The Labute approximate surface area is 150 Å². The molecule has 3 heterocycles. The van der Waals surface area contributed by atoms with Crippen molar-refractivity contribution in [2.45, 2.75) is 25.8 Å². The van der Waals surface area contributed by atoms with Crippen molar-refractivity contribution in [3.63, 3.8) is 0 Å². The number of rotatable bonds is 5. The van der Waals surface area contributed by atoms with Gasteiger partial charge in [0.15, 0.2) is 0 Å². The van der Waals surface area contributed by atoms with Crippen LogP contribution in [-0.2, 0) is 6.54 Å². The Morgan fingerprint density at radius 1 is 0.923 bits per heavy atom. The van der Waals surface area contributed by atoms with Crippen LogP contribution in [-0.4, -0.2) is 46.1 Å². The molecule has 26 heavy (non-hydrogen) atoms. The summed E-state index contributed by atoms with van der Waals surface area (Å²) in [4.78, 5) is 40.3. The van der Waals surface area contributed by atoms with Crippen LogP contribution in [0.15, 0.2) is 41.3 Å². The van der Waals surface area contributed by atoms with Gasteiger partial charge in [0.2, 0.25) is 0 Å². The highest BCUT2D eigenvalue weighted by molar-refractivity contribution is 6.21. The Balaban J connectivity index is 1.39.